The van der Waals surface area contributed by atoms with Crippen molar-refractivity contribution in [3.8, 4) is 0 Å². The van der Waals surface area contributed by atoms with Gasteiger partial charge in [0.2, 0.25) is 0 Å². The summed E-state index contributed by atoms with van der Waals surface area (Å²) in [5.74, 6) is 1.06. The number of pyridine rings is 1. The highest BCUT2D eigenvalue weighted by Gasteiger charge is 2.26. The van der Waals surface area contributed by atoms with Gasteiger partial charge in [0.25, 0.3) is 0 Å². The molecular formula is C13H21N3O. The number of aliphatic hydroxyl groups excluding tert-OH is 1. The number of nitrogen functional groups attached to an aromatic ring is 1. The van der Waals surface area contributed by atoms with E-state index in [0.717, 1.165) is 36.5 Å². The molecule has 1 fully saturated rings. The number of hydrogen-bond donors (Lipinski definition) is 2. The zero-order chi connectivity index (χ0) is 12.3. The summed E-state index contributed by atoms with van der Waals surface area (Å²) in [6.07, 6.45) is 6.05. The molecule has 2 rings (SSSR count). The van der Waals surface area contributed by atoms with Gasteiger partial charge in [0.1, 0.15) is 5.82 Å². The zero-order valence-electron chi connectivity index (χ0n) is 10.4. The topological polar surface area (TPSA) is 62.4 Å². The summed E-state index contributed by atoms with van der Waals surface area (Å²) < 4.78 is 0. The number of anilines is 2. The first-order chi connectivity index (χ1) is 8.22. The Morgan fingerprint density at radius 2 is 2.41 bits per heavy atom. The lowest BCUT2D eigenvalue weighted by atomic mass is 10.1. The van der Waals surface area contributed by atoms with Crippen molar-refractivity contribution in [1.29, 1.82) is 0 Å². The van der Waals surface area contributed by atoms with Crippen LogP contribution in [0.4, 0.5) is 11.5 Å². The Balaban J connectivity index is 2.14. The number of aliphatic hydroxyl groups is 1. The summed E-state index contributed by atoms with van der Waals surface area (Å²) in [5.41, 5.74) is 7.59. The molecule has 1 aliphatic rings. The molecule has 0 aliphatic carbocycles. The van der Waals surface area contributed by atoms with Crippen molar-refractivity contribution in [2.45, 2.75) is 38.6 Å². The fourth-order valence-corrected chi connectivity index (χ4v) is 2.63. The van der Waals surface area contributed by atoms with E-state index < -0.39 is 0 Å². The van der Waals surface area contributed by atoms with Crippen LogP contribution in [0.25, 0.3) is 0 Å². The maximum Gasteiger partial charge on any atom is 0.131 e. The molecule has 0 bridgehead atoms. The monoisotopic (exact) mass is 235 g/mol. The van der Waals surface area contributed by atoms with E-state index in [1.165, 1.54) is 12.8 Å². The molecule has 17 heavy (non-hydrogen) atoms. The van der Waals surface area contributed by atoms with Crippen molar-refractivity contribution in [3.05, 3.63) is 17.8 Å². The van der Waals surface area contributed by atoms with E-state index in [0.29, 0.717) is 6.04 Å². The summed E-state index contributed by atoms with van der Waals surface area (Å²) in [5, 5.41) is 8.92. The molecule has 0 saturated carbocycles. The molecule has 1 saturated heterocycles. The van der Waals surface area contributed by atoms with E-state index in [2.05, 4.69) is 16.8 Å². The highest BCUT2D eigenvalue weighted by molar-refractivity contribution is 5.53. The van der Waals surface area contributed by atoms with Crippen LogP contribution in [-0.2, 0) is 0 Å². The molecule has 1 aromatic heterocycles. The molecule has 1 unspecified atom stereocenters. The van der Waals surface area contributed by atoms with E-state index in [4.69, 9.17) is 10.8 Å². The predicted molar refractivity (Wildman–Crippen MR) is 70.1 cm³/mol. The summed E-state index contributed by atoms with van der Waals surface area (Å²) in [6.45, 7) is 3.40. The Bertz CT molecular complexity index is 381. The van der Waals surface area contributed by atoms with Gasteiger partial charge in [0.05, 0.1) is 11.9 Å². The number of rotatable bonds is 4. The minimum absolute atomic E-state index is 0.276. The van der Waals surface area contributed by atoms with Crippen molar-refractivity contribution in [1.82, 2.24) is 4.98 Å². The van der Waals surface area contributed by atoms with Crippen LogP contribution in [0.1, 0.15) is 31.2 Å². The second kappa shape index (κ2) is 5.36. The van der Waals surface area contributed by atoms with Crippen LogP contribution in [0.2, 0.25) is 0 Å². The van der Waals surface area contributed by atoms with Crippen molar-refractivity contribution in [2.24, 2.45) is 0 Å². The van der Waals surface area contributed by atoms with Gasteiger partial charge in [-0.05, 0) is 44.2 Å². The van der Waals surface area contributed by atoms with Crippen LogP contribution in [0.15, 0.2) is 12.3 Å². The molecule has 0 amide bonds. The second-order valence-corrected chi connectivity index (χ2v) is 4.76. The standard InChI is InChI=1S/C13H21N3O/c1-10-8-11(14)9-15-13(10)16-6-2-4-12(16)5-3-7-17/h8-9,12,17H,2-7,14H2,1H3. The van der Waals surface area contributed by atoms with E-state index in [1.807, 2.05) is 6.07 Å². The van der Waals surface area contributed by atoms with Crippen molar-refractivity contribution >= 4 is 11.5 Å². The van der Waals surface area contributed by atoms with E-state index >= 15 is 0 Å². The number of hydrogen-bond acceptors (Lipinski definition) is 4. The van der Waals surface area contributed by atoms with E-state index in [9.17, 15) is 0 Å². The predicted octanol–water partition coefficient (Wildman–Crippen LogP) is 1.71. The van der Waals surface area contributed by atoms with Gasteiger partial charge < -0.3 is 15.7 Å². The largest absolute Gasteiger partial charge is 0.397 e. The number of nitrogens with zero attached hydrogens (tertiary/aromatic N) is 2. The van der Waals surface area contributed by atoms with Crippen molar-refractivity contribution in [3.63, 3.8) is 0 Å². The Kier molecular flexibility index (Phi) is 3.84. The van der Waals surface area contributed by atoms with Crippen LogP contribution in [0.5, 0.6) is 0 Å². The minimum atomic E-state index is 0.276. The smallest absolute Gasteiger partial charge is 0.131 e. The first-order valence-electron chi connectivity index (χ1n) is 6.32. The maximum absolute atomic E-state index is 8.92. The van der Waals surface area contributed by atoms with E-state index in [1.54, 1.807) is 6.20 Å². The van der Waals surface area contributed by atoms with Crippen LogP contribution in [-0.4, -0.2) is 29.3 Å². The molecule has 94 valence electrons. The van der Waals surface area contributed by atoms with Crippen LogP contribution in [0, 0.1) is 6.92 Å². The summed E-state index contributed by atoms with van der Waals surface area (Å²) in [4.78, 5) is 6.82. The lowest BCUT2D eigenvalue weighted by Gasteiger charge is -2.27. The van der Waals surface area contributed by atoms with Gasteiger partial charge in [-0.1, -0.05) is 0 Å². The molecule has 2 heterocycles. The van der Waals surface area contributed by atoms with Gasteiger partial charge in [-0.2, -0.15) is 0 Å². The van der Waals surface area contributed by atoms with Crippen molar-refractivity contribution < 1.29 is 5.11 Å². The number of aryl methyl sites for hydroxylation is 1. The lowest BCUT2D eigenvalue weighted by Crippen LogP contribution is -2.30. The van der Waals surface area contributed by atoms with Gasteiger partial charge in [-0.15, -0.1) is 0 Å². The fraction of sp³-hybridized carbons (Fsp3) is 0.615. The SMILES string of the molecule is Cc1cc(N)cnc1N1CCCC1CCCO. The molecule has 4 nitrogen and oxygen atoms in total. The number of aromatic nitrogens is 1. The molecule has 1 aliphatic heterocycles. The molecule has 3 N–H and O–H groups in total. The highest BCUT2D eigenvalue weighted by Crippen LogP contribution is 2.29. The lowest BCUT2D eigenvalue weighted by molar-refractivity contribution is 0.279. The Morgan fingerprint density at radius 1 is 1.59 bits per heavy atom. The fourth-order valence-electron chi connectivity index (χ4n) is 2.63. The van der Waals surface area contributed by atoms with Gasteiger partial charge in [-0.3, -0.25) is 0 Å². The molecule has 0 aromatic carbocycles. The minimum Gasteiger partial charge on any atom is -0.397 e. The van der Waals surface area contributed by atoms with Crippen LogP contribution in [0.3, 0.4) is 0 Å². The van der Waals surface area contributed by atoms with Crippen molar-refractivity contribution in [2.75, 3.05) is 23.8 Å². The van der Waals surface area contributed by atoms with E-state index in [-0.39, 0.29) is 6.61 Å². The summed E-state index contributed by atoms with van der Waals surface area (Å²) >= 11 is 0. The summed E-state index contributed by atoms with van der Waals surface area (Å²) in [7, 11) is 0. The third kappa shape index (κ3) is 2.69. The first kappa shape index (κ1) is 12.2. The third-order valence-electron chi connectivity index (χ3n) is 3.42. The molecule has 1 atom stereocenters. The van der Waals surface area contributed by atoms with Gasteiger partial charge in [-0.25, -0.2) is 4.98 Å². The second-order valence-electron chi connectivity index (χ2n) is 4.76. The molecular weight excluding hydrogens is 214 g/mol. The quantitative estimate of drug-likeness (QED) is 0.834. The Labute approximate surface area is 102 Å². The molecule has 0 radical (unpaired) electrons. The molecule has 1 aromatic rings. The normalized spacial score (nSPS) is 19.9. The average Bonchev–Trinajstić information content (AvgIpc) is 2.74. The molecule has 4 heteroatoms. The van der Waals surface area contributed by atoms with Gasteiger partial charge >= 0.3 is 0 Å². The Morgan fingerprint density at radius 3 is 3.12 bits per heavy atom. The van der Waals surface area contributed by atoms with Gasteiger partial charge in [0, 0.05) is 19.2 Å². The zero-order valence-corrected chi connectivity index (χ0v) is 10.4. The molecule has 0 spiro atoms. The van der Waals surface area contributed by atoms with Gasteiger partial charge in [0.15, 0.2) is 0 Å². The number of nitrogens with two attached hydrogens (primary N) is 1. The highest BCUT2D eigenvalue weighted by atomic mass is 16.2. The Hall–Kier alpha value is -1.29. The average molecular weight is 235 g/mol. The van der Waals surface area contributed by atoms with Crippen LogP contribution < -0.4 is 10.6 Å². The maximum atomic E-state index is 8.92. The van der Waals surface area contributed by atoms with Crippen LogP contribution >= 0.6 is 0 Å². The first-order valence-corrected chi connectivity index (χ1v) is 6.32. The third-order valence-corrected chi connectivity index (χ3v) is 3.42. The summed E-state index contributed by atoms with van der Waals surface area (Å²) in [6, 6.07) is 2.50.